The molecule has 2 atom stereocenters. The summed E-state index contributed by atoms with van der Waals surface area (Å²) in [7, 11) is -3.89. The van der Waals surface area contributed by atoms with Gasteiger partial charge in [-0.15, -0.1) is 0 Å². The highest BCUT2D eigenvalue weighted by Crippen LogP contribution is 2.29. The maximum absolute atomic E-state index is 14.4. The highest BCUT2D eigenvalue weighted by Gasteiger charge is 2.32. The van der Waals surface area contributed by atoms with Crippen LogP contribution in [-0.2, 0) is 10.0 Å². The van der Waals surface area contributed by atoms with Gasteiger partial charge >= 0.3 is 6.09 Å². The lowest BCUT2D eigenvalue weighted by Gasteiger charge is -2.32. The van der Waals surface area contributed by atoms with E-state index in [0.29, 0.717) is 18.0 Å². The van der Waals surface area contributed by atoms with Gasteiger partial charge in [-0.2, -0.15) is 0 Å². The topological polar surface area (TPSA) is 100 Å². The molecule has 198 valence electrons. The lowest BCUT2D eigenvalue weighted by atomic mass is 9.96. The monoisotopic (exact) mass is 521 g/mol. The summed E-state index contributed by atoms with van der Waals surface area (Å²) in [6.07, 6.45) is -0.337. The summed E-state index contributed by atoms with van der Waals surface area (Å²) in [5.41, 5.74) is 1.84. The number of carboxylic acid groups (broad SMARTS) is 1. The number of likely N-dealkylation sites (tertiary alicyclic amines) is 1. The van der Waals surface area contributed by atoms with Crippen molar-refractivity contribution in [1.29, 1.82) is 0 Å². The smallest absolute Gasteiger partial charge is 0.407 e. The van der Waals surface area contributed by atoms with Gasteiger partial charge in [-0.25, -0.2) is 26.9 Å². The van der Waals surface area contributed by atoms with E-state index in [-0.39, 0.29) is 43.0 Å². The molecule has 0 unspecified atom stereocenters. The molecule has 0 saturated carbocycles. The van der Waals surface area contributed by atoms with E-state index in [1.165, 1.54) is 16.4 Å². The van der Waals surface area contributed by atoms with Gasteiger partial charge in [0.05, 0.1) is 18.0 Å². The molecule has 1 N–H and O–H groups in total. The summed E-state index contributed by atoms with van der Waals surface area (Å²) in [6.45, 7) is 10.4. The van der Waals surface area contributed by atoms with Gasteiger partial charge in [-0.1, -0.05) is 33.8 Å². The molecule has 0 radical (unpaired) electrons. The number of nitrogens with zero attached hydrogens (tertiary/aromatic N) is 3. The number of ether oxygens (including phenoxy) is 1. The second-order valence-electron chi connectivity index (χ2n) is 10.1. The van der Waals surface area contributed by atoms with Gasteiger partial charge in [0.1, 0.15) is 17.7 Å². The Morgan fingerprint density at radius 3 is 2.44 bits per heavy atom. The van der Waals surface area contributed by atoms with E-state index in [9.17, 15) is 17.6 Å². The van der Waals surface area contributed by atoms with Crippen LogP contribution in [-0.4, -0.2) is 61.9 Å². The zero-order valence-corrected chi connectivity index (χ0v) is 22.3. The van der Waals surface area contributed by atoms with E-state index in [2.05, 4.69) is 18.8 Å². The Morgan fingerprint density at radius 2 is 1.92 bits per heavy atom. The third kappa shape index (κ3) is 6.46. The first-order chi connectivity index (χ1) is 16.9. The summed E-state index contributed by atoms with van der Waals surface area (Å²) in [5.74, 6) is 0.774. The quantitative estimate of drug-likeness (QED) is 0.494. The number of rotatable bonds is 9. The summed E-state index contributed by atoms with van der Waals surface area (Å²) >= 11 is 0. The van der Waals surface area contributed by atoms with Crippen molar-refractivity contribution in [3.63, 3.8) is 0 Å². The van der Waals surface area contributed by atoms with Crippen molar-refractivity contribution in [2.24, 2.45) is 11.8 Å². The number of hydrogen-bond acceptors (Lipinski definition) is 5. The molecule has 10 heteroatoms. The Labute approximate surface area is 213 Å². The van der Waals surface area contributed by atoms with Gasteiger partial charge < -0.3 is 14.7 Å². The van der Waals surface area contributed by atoms with Crippen molar-refractivity contribution in [2.75, 3.05) is 30.5 Å². The number of hydrogen-bond donors (Lipinski definition) is 1. The number of aromatic nitrogens is 1. The molecule has 1 amide bonds. The minimum absolute atomic E-state index is 0.0783. The third-order valence-corrected chi connectivity index (χ3v) is 8.10. The molecule has 1 fully saturated rings. The molecule has 1 aromatic carbocycles. The number of sulfonamides is 1. The average Bonchev–Trinajstić information content (AvgIpc) is 2.81. The van der Waals surface area contributed by atoms with E-state index in [1.807, 2.05) is 26.8 Å². The van der Waals surface area contributed by atoms with Crippen molar-refractivity contribution in [3.05, 3.63) is 47.7 Å². The van der Waals surface area contributed by atoms with Crippen LogP contribution < -0.4 is 9.04 Å². The van der Waals surface area contributed by atoms with Crippen LogP contribution in [0.2, 0.25) is 0 Å². The Balaban J connectivity index is 1.75. The van der Waals surface area contributed by atoms with Crippen LogP contribution >= 0.6 is 0 Å². The molecule has 2 heterocycles. The largest absolute Gasteiger partial charge is 0.493 e. The lowest BCUT2D eigenvalue weighted by molar-refractivity contribution is 0.0551. The zero-order valence-electron chi connectivity index (χ0n) is 21.5. The molecule has 1 aliphatic heterocycles. The maximum Gasteiger partial charge on any atom is 0.407 e. The first-order valence-electron chi connectivity index (χ1n) is 12.2. The molecular formula is C26H36FN3O5S. The molecular weight excluding hydrogens is 485 g/mol. The van der Waals surface area contributed by atoms with E-state index in [0.717, 1.165) is 16.0 Å². The fourth-order valence-corrected chi connectivity index (χ4v) is 5.80. The van der Waals surface area contributed by atoms with Crippen molar-refractivity contribution in [3.8, 4) is 5.75 Å². The van der Waals surface area contributed by atoms with Crippen molar-refractivity contribution >= 4 is 21.9 Å². The summed E-state index contributed by atoms with van der Waals surface area (Å²) < 4.78 is 48.7. The van der Waals surface area contributed by atoms with E-state index >= 15 is 0 Å². The maximum atomic E-state index is 14.4. The van der Waals surface area contributed by atoms with Gasteiger partial charge in [0.25, 0.3) is 10.0 Å². The van der Waals surface area contributed by atoms with Crippen molar-refractivity contribution in [1.82, 2.24) is 9.88 Å². The Bertz CT molecular complexity index is 1150. The number of anilines is 1. The Morgan fingerprint density at radius 1 is 1.25 bits per heavy atom. The number of amides is 1. The van der Waals surface area contributed by atoms with Gasteiger partial charge in [-0.05, 0) is 60.6 Å². The van der Waals surface area contributed by atoms with Crippen LogP contribution in [0.1, 0.15) is 51.2 Å². The fourth-order valence-electron chi connectivity index (χ4n) is 4.15. The number of benzene rings is 1. The summed E-state index contributed by atoms with van der Waals surface area (Å²) in [5, 5.41) is 9.02. The van der Waals surface area contributed by atoms with Gasteiger partial charge in [-0.3, -0.25) is 0 Å². The van der Waals surface area contributed by atoms with E-state index < -0.39 is 28.2 Å². The minimum atomic E-state index is -3.89. The van der Waals surface area contributed by atoms with Crippen LogP contribution in [0.15, 0.2) is 41.4 Å². The normalized spacial score (nSPS) is 18.5. The minimum Gasteiger partial charge on any atom is -0.493 e. The zero-order chi connectivity index (χ0) is 26.6. The Hall–Kier alpha value is -2.88. The molecule has 0 aliphatic carbocycles. The SMILES string of the molecule is Cc1cc(C(C)C)cnc1N(CC(C)C)S(=O)(=O)c1ccc(OC[C@H]2CCN(C(=O)O)C[C@H]2F)cc1. The standard InChI is InChI=1S/C26H36FN3O5S/c1-17(2)14-30(25-19(5)12-21(13-28-25)18(3)4)36(33,34)23-8-6-22(7-9-23)35-16-20-10-11-29(26(31)32)15-24(20)27/h6-9,12-13,17-18,20,24H,10-11,14-16H2,1-5H3,(H,31,32)/t20-,24-/m1/s1. The molecule has 3 rings (SSSR count). The second kappa shape index (κ2) is 11.5. The predicted octanol–water partition coefficient (Wildman–Crippen LogP) is 5.08. The number of halogens is 1. The van der Waals surface area contributed by atoms with Gasteiger partial charge in [0.2, 0.25) is 0 Å². The number of pyridine rings is 1. The van der Waals surface area contributed by atoms with Gasteiger partial charge in [0.15, 0.2) is 0 Å². The van der Waals surface area contributed by atoms with Gasteiger partial charge in [0, 0.05) is 25.2 Å². The Kier molecular flexibility index (Phi) is 8.81. The fraction of sp³-hybridized carbons (Fsp3) is 0.538. The predicted molar refractivity (Wildman–Crippen MR) is 137 cm³/mol. The number of carbonyl (C=O) groups is 1. The first kappa shape index (κ1) is 27.7. The van der Waals surface area contributed by atoms with Crippen LogP contribution in [0.3, 0.4) is 0 Å². The summed E-state index contributed by atoms with van der Waals surface area (Å²) in [6, 6.07) is 8.06. The van der Waals surface area contributed by atoms with Crippen LogP contribution in [0.5, 0.6) is 5.75 Å². The number of piperidine rings is 1. The van der Waals surface area contributed by atoms with Crippen molar-refractivity contribution < 1.29 is 27.4 Å². The van der Waals surface area contributed by atoms with Crippen LogP contribution in [0.4, 0.5) is 15.0 Å². The molecule has 1 saturated heterocycles. The number of alkyl halides is 1. The molecule has 36 heavy (non-hydrogen) atoms. The second-order valence-corrected chi connectivity index (χ2v) is 11.9. The first-order valence-corrected chi connectivity index (χ1v) is 13.7. The summed E-state index contributed by atoms with van der Waals surface area (Å²) in [4.78, 5) is 16.7. The molecule has 1 aliphatic rings. The number of aryl methyl sites for hydroxylation is 1. The van der Waals surface area contributed by atoms with Crippen molar-refractivity contribution in [2.45, 2.75) is 58.0 Å². The highest BCUT2D eigenvalue weighted by atomic mass is 32.2. The average molecular weight is 522 g/mol. The molecule has 2 aromatic rings. The van der Waals surface area contributed by atoms with E-state index in [1.54, 1.807) is 18.3 Å². The van der Waals surface area contributed by atoms with E-state index in [4.69, 9.17) is 9.84 Å². The highest BCUT2D eigenvalue weighted by molar-refractivity contribution is 7.92. The molecule has 8 nitrogen and oxygen atoms in total. The van der Waals surface area contributed by atoms with Crippen LogP contribution in [0, 0.1) is 18.8 Å². The van der Waals surface area contributed by atoms with Crippen LogP contribution in [0.25, 0.3) is 0 Å². The third-order valence-electron chi connectivity index (χ3n) is 6.33. The molecule has 0 bridgehead atoms. The molecule has 0 spiro atoms. The molecule has 1 aromatic heterocycles. The lowest BCUT2D eigenvalue weighted by Crippen LogP contribution is -2.45.